The Balaban J connectivity index is 1.48. The van der Waals surface area contributed by atoms with Crippen molar-refractivity contribution in [2.75, 3.05) is 13.7 Å². The lowest BCUT2D eigenvalue weighted by atomic mass is 9.86. The first kappa shape index (κ1) is 36.1. The van der Waals surface area contributed by atoms with Crippen molar-refractivity contribution < 1.29 is 29.3 Å². The summed E-state index contributed by atoms with van der Waals surface area (Å²) in [5.74, 6) is -1.28. The third-order valence-electron chi connectivity index (χ3n) is 8.74. The van der Waals surface area contributed by atoms with Crippen LogP contribution in [-0.4, -0.2) is 74.5 Å². The molecule has 1 aliphatic carbocycles. The van der Waals surface area contributed by atoms with Crippen molar-refractivity contribution in [2.45, 2.75) is 63.9 Å². The summed E-state index contributed by atoms with van der Waals surface area (Å²) in [4.78, 5) is 48.9. The number of aromatic nitrogens is 2. The number of methoxy groups -OCH3 is 1. The lowest BCUT2D eigenvalue weighted by Crippen LogP contribution is -2.62. The number of nitrogens with one attached hydrogen (secondary N) is 3. The van der Waals surface area contributed by atoms with Crippen LogP contribution >= 0.6 is 0 Å². The van der Waals surface area contributed by atoms with Crippen molar-refractivity contribution in [3.63, 3.8) is 0 Å². The van der Waals surface area contributed by atoms with Gasteiger partial charge in [0, 0.05) is 37.3 Å². The van der Waals surface area contributed by atoms with Crippen LogP contribution in [0.2, 0.25) is 0 Å². The molecule has 1 heterocycles. The van der Waals surface area contributed by atoms with Gasteiger partial charge in [-0.1, -0.05) is 99.6 Å². The van der Waals surface area contributed by atoms with Gasteiger partial charge in [0.05, 0.1) is 37.7 Å². The van der Waals surface area contributed by atoms with Gasteiger partial charge >= 0.3 is 6.09 Å². The Labute approximate surface area is 291 Å². The molecule has 0 spiro atoms. The Hall–Kier alpha value is -5.17. The third-order valence-corrected chi connectivity index (χ3v) is 8.74. The van der Waals surface area contributed by atoms with Gasteiger partial charge < -0.3 is 25.6 Å². The standard InChI is InChI=1S/C38H44N6O6/c1-37(2,3)33(42-36(48)50-4)34(46)43-44(23-26-14-16-27(17-15-26)30-22-39-18-19-40-30)24-38(49,21-25-10-6-5-7-11-25)35(47)41-32-29-13-9-8-12-28(29)20-31(32)45/h5-19,22,31-33,45,49H,20-21,23-24H2,1-4H3,(H,41,47)(H,42,48)(H,43,46)/t31-,32+,33-,38+/m1/s1. The number of hydrazine groups is 1. The van der Waals surface area contributed by atoms with Crippen molar-refractivity contribution in [1.29, 1.82) is 0 Å². The molecular weight excluding hydrogens is 636 g/mol. The van der Waals surface area contributed by atoms with Gasteiger partial charge in [-0.3, -0.25) is 25.0 Å². The van der Waals surface area contributed by atoms with Crippen LogP contribution in [0, 0.1) is 5.41 Å². The van der Waals surface area contributed by atoms with Crippen molar-refractivity contribution in [1.82, 2.24) is 31.0 Å². The van der Waals surface area contributed by atoms with E-state index in [-0.39, 0.29) is 19.5 Å². The second-order valence-corrected chi connectivity index (χ2v) is 13.7. The molecule has 262 valence electrons. The molecule has 0 aliphatic heterocycles. The molecule has 3 aromatic carbocycles. The zero-order valence-electron chi connectivity index (χ0n) is 28.7. The zero-order chi connectivity index (χ0) is 35.9. The van der Waals surface area contributed by atoms with E-state index in [1.54, 1.807) is 39.4 Å². The van der Waals surface area contributed by atoms with Crippen LogP contribution in [0.4, 0.5) is 4.79 Å². The largest absolute Gasteiger partial charge is 0.453 e. The number of nitrogens with zero attached hydrogens (tertiary/aromatic N) is 3. The minimum Gasteiger partial charge on any atom is -0.453 e. The normalized spacial score (nSPS) is 17.3. The molecule has 12 heteroatoms. The number of fused-ring (bicyclic) bond motifs is 1. The fourth-order valence-corrected chi connectivity index (χ4v) is 6.14. The summed E-state index contributed by atoms with van der Waals surface area (Å²) < 4.78 is 4.78. The number of hydrogen-bond donors (Lipinski definition) is 5. The first-order valence-corrected chi connectivity index (χ1v) is 16.4. The van der Waals surface area contributed by atoms with E-state index in [0.717, 1.165) is 22.3 Å². The monoisotopic (exact) mass is 680 g/mol. The molecule has 5 N–H and O–H groups in total. The first-order valence-electron chi connectivity index (χ1n) is 16.4. The summed E-state index contributed by atoms with van der Waals surface area (Å²) in [5.41, 5.74) is 4.74. The number of aliphatic hydroxyl groups is 2. The predicted octanol–water partition coefficient (Wildman–Crippen LogP) is 3.50. The molecule has 0 saturated carbocycles. The molecule has 4 atom stereocenters. The molecule has 3 amide bonds. The molecular formula is C38H44N6O6. The first-order chi connectivity index (χ1) is 23.9. The van der Waals surface area contributed by atoms with E-state index in [1.807, 2.05) is 78.9 Å². The lowest BCUT2D eigenvalue weighted by molar-refractivity contribution is -0.147. The molecule has 50 heavy (non-hydrogen) atoms. The van der Waals surface area contributed by atoms with E-state index in [1.165, 1.54) is 12.1 Å². The van der Waals surface area contributed by atoms with Gasteiger partial charge in [0.2, 0.25) is 0 Å². The quantitative estimate of drug-likeness (QED) is 0.141. The molecule has 5 rings (SSSR count). The molecule has 0 fully saturated rings. The van der Waals surface area contributed by atoms with Crippen molar-refractivity contribution in [2.24, 2.45) is 5.41 Å². The third kappa shape index (κ3) is 8.89. The van der Waals surface area contributed by atoms with Crippen LogP contribution in [0.25, 0.3) is 11.3 Å². The second-order valence-electron chi connectivity index (χ2n) is 13.7. The molecule has 0 saturated heterocycles. The SMILES string of the molecule is COC(=O)N[C@H](C(=O)NN(Cc1ccc(-c2cnccn2)cc1)C[C@@](O)(Cc1ccccc1)C(=O)N[C@H]1c2ccccc2C[C@H]1O)C(C)(C)C. The Kier molecular flexibility index (Phi) is 11.3. The number of carbonyl (C=O) groups excluding carboxylic acids is 3. The molecule has 4 aromatic rings. The second kappa shape index (κ2) is 15.6. The fourth-order valence-electron chi connectivity index (χ4n) is 6.14. The Morgan fingerprint density at radius 3 is 2.32 bits per heavy atom. The summed E-state index contributed by atoms with van der Waals surface area (Å²) in [5, 5.41) is 30.3. The van der Waals surface area contributed by atoms with E-state index in [4.69, 9.17) is 4.74 Å². The van der Waals surface area contributed by atoms with Crippen LogP contribution in [0.5, 0.6) is 0 Å². The summed E-state index contributed by atoms with van der Waals surface area (Å²) in [6.45, 7) is 5.14. The van der Waals surface area contributed by atoms with Crippen LogP contribution in [-0.2, 0) is 33.7 Å². The average molecular weight is 681 g/mol. The van der Waals surface area contributed by atoms with Crippen LogP contribution in [0.3, 0.4) is 0 Å². The Bertz CT molecular complexity index is 1770. The number of carbonyl (C=O) groups is 3. The van der Waals surface area contributed by atoms with Gasteiger partial charge in [0.15, 0.2) is 5.60 Å². The fraction of sp³-hybridized carbons (Fsp3) is 0.342. The summed E-state index contributed by atoms with van der Waals surface area (Å²) in [7, 11) is 1.21. The lowest BCUT2D eigenvalue weighted by Gasteiger charge is -2.37. The van der Waals surface area contributed by atoms with E-state index < -0.39 is 47.1 Å². The van der Waals surface area contributed by atoms with Crippen molar-refractivity contribution >= 4 is 17.9 Å². The minimum atomic E-state index is -2.08. The summed E-state index contributed by atoms with van der Waals surface area (Å²) in [6.07, 6.45) is 3.48. The van der Waals surface area contributed by atoms with Gasteiger partial charge in [0.1, 0.15) is 6.04 Å². The van der Waals surface area contributed by atoms with Gasteiger partial charge in [-0.2, -0.15) is 0 Å². The minimum absolute atomic E-state index is 0.0842. The number of ether oxygens (including phenoxy) is 1. The van der Waals surface area contributed by atoms with Crippen LogP contribution in [0.1, 0.15) is 49.1 Å². The van der Waals surface area contributed by atoms with Crippen LogP contribution < -0.4 is 16.1 Å². The number of amides is 3. The van der Waals surface area contributed by atoms with Gasteiger partial charge in [-0.05, 0) is 27.7 Å². The molecule has 0 radical (unpaired) electrons. The molecule has 12 nitrogen and oxygen atoms in total. The molecule has 1 aliphatic rings. The molecule has 0 bridgehead atoms. The number of hydrogen-bond acceptors (Lipinski definition) is 9. The van der Waals surface area contributed by atoms with E-state index in [2.05, 4.69) is 26.0 Å². The summed E-state index contributed by atoms with van der Waals surface area (Å²) in [6, 6.07) is 22.3. The number of aliphatic hydroxyl groups excluding tert-OH is 1. The average Bonchev–Trinajstić information content (AvgIpc) is 3.41. The van der Waals surface area contributed by atoms with Gasteiger partial charge in [0.25, 0.3) is 11.8 Å². The highest BCUT2D eigenvalue weighted by atomic mass is 16.5. The van der Waals surface area contributed by atoms with Crippen molar-refractivity contribution in [3.8, 4) is 11.3 Å². The van der Waals surface area contributed by atoms with Gasteiger partial charge in [-0.15, -0.1) is 0 Å². The van der Waals surface area contributed by atoms with E-state index >= 15 is 0 Å². The van der Waals surface area contributed by atoms with Gasteiger partial charge in [-0.25, -0.2) is 9.80 Å². The Morgan fingerprint density at radius 1 is 0.960 bits per heavy atom. The Morgan fingerprint density at radius 2 is 1.66 bits per heavy atom. The van der Waals surface area contributed by atoms with E-state index in [9.17, 15) is 24.6 Å². The maximum Gasteiger partial charge on any atom is 0.407 e. The number of rotatable bonds is 12. The highest BCUT2D eigenvalue weighted by Crippen LogP contribution is 2.32. The maximum absolute atomic E-state index is 14.2. The topological polar surface area (TPSA) is 166 Å². The number of benzene rings is 3. The highest BCUT2D eigenvalue weighted by Gasteiger charge is 2.43. The summed E-state index contributed by atoms with van der Waals surface area (Å²) >= 11 is 0. The maximum atomic E-state index is 14.2. The predicted molar refractivity (Wildman–Crippen MR) is 187 cm³/mol. The highest BCUT2D eigenvalue weighted by molar-refractivity contribution is 5.87. The molecule has 0 unspecified atom stereocenters. The van der Waals surface area contributed by atoms with Crippen LogP contribution in [0.15, 0.2) is 97.5 Å². The smallest absolute Gasteiger partial charge is 0.407 e. The zero-order valence-corrected chi connectivity index (χ0v) is 28.7. The molecule has 1 aromatic heterocycles. The number of alkyl carbamates (subject to hydrolysis) is 1. The van der Waals surface area contributed by atoms with E-state index in [0.29, 0.717) is 17.7 Å². The van der Waals surface area contributed by atoms with Crippen molar-refractivity contribution in [3.05, 3.63) is 120 Å².